The molecular formula is C26H20ClN3O5S2. The highest BCUT2D eigenvalue weighted by molar-refractivity contribution is 8.26. The summed E-state index contributed by atoms with van der Waals surface area (Å²) in [7, 11) is 1.53. The third-order valence-corrected chi connectivity index (χ3v) is 6.60. The molecule has 1 heterocycles. The van der Waals surface area contributed by atoms with Gasteiger partial charge >= 0.3 is 0 Å². The Morgan fingerprint density at radius 1 is 1.05 bits per heavy atom. The number of benzene rings is 3. The van der Waals surface area contributed by atoms with Gasteiger partial charge in [-0.25, -0.2) is 0 Å². The molecule has 0 bridgehead atoms. The summed E-state index contributed by atoms with van der Waals surface area (Å²) in [6, 6.07) is 20.2. The summed E-state index contributed by atoms with van der Waals surface area (Å²) in [6.07, 6.45) is 1.66. The van der Waals surface area contributed by atoms with Crippen LogP contribution in [-0.4, -0.2) is 40.8 Å². The summed E-state index contributed by atoms with van der Waals surface area (Å²) in [5, 5.41) is 4.28. The topological polar surface area (TPSA) is 97.0 Å². The predicted octanol–water partition coefficient (Wildman–Crippen LogP) is 4.91. The van der Waals surface area contributed by atoms with E-state index in [-0.39, 0.29) is 16.8 Å². The molecule has 1 aliphatic rings. The summed E-state index contributed by atoms with van der Waals surface area (Å²) in [5.74, 6) is -0.223. The van der Waals surface area contributed by atoms with Crippen molar-refractivity contribution >= 4 is 69.4 Å². The van der Waals surface area contributed by atoms with Crippen molar-refractivity contribution in [3.05, 3.63) is 93.9 Å². The number of halogens is 1. The van der Waals surface area contributed by atoms with Crippen LogP contribution in [0.15, 0.2) is 77.7 Å². The number of nitrogens with one attached hydrogen (secondary N) is 2. The minimum Gasteiger partial charge on any atom is -0.495 e. The van der Waals surface area contributed by atoms with E-state index in [2.05, 4.69) is 10.7 Å². The number of hydrogen-bond donors (Lipinski definition) is 2. The number of para-hydroxylation sites is 2. The van der Waals surface area contributed by atoms with Crippen molar-refractivity contribution in [2.45, 2.75) is 0 Å². The Bertz CT molecular complexity index is 1380. The lowest BCUT2D eigenvalue weighted by Gasteiger charge is -2.15. The van der Waals surface area contributed by atoms with Crippen molar-refractivity contribution in [2.75, 3.05) is 19.0 Å². The van der Waals surface area contributed by atoms with E-state index >= 15 is 0 Å². The van der Waals surface area contributed by atoms with Crippen molar-refractivity contribution in [3.63, 3.8) is 0 Å². The largest absolute Gasteiger partial charge is 0.495 e. The van der Waals surface area contributed by atoms with Crippen molar-refractivity contribution in [1.29, 1.82) is 0 Å². The van der Waals surface area contributed by atoms with Gasteiger partial charge in [-0.15, -0.1) is 0 Å². The number of methoxy groups -OCH3 is 1. The third kappa shape index (κ3) is 6.67. The van der Waals surface area contributed by atoms with Crippen LogP contribution in [0.1, 0.15) is 15.9 Å². The van der Waals surface area contributed by atoms with E-state index in [1.165, 1.54) is 7.11 Å². The van der Waals surface area contributed by atoms with Crippen LogP contribution in [0.25, 0.3) is 6.08 Å². The number of amides is 3. The minimum atomic E-state index is -0.481. The monoisotopic (exact) mass is 553 g/mol. The first-order chi connectivity index (χ1) is 17.8. The Morgan fingerprint density at radius 2 is 1.76 bits per heavy atom. The smallest absolute Gasteiger partial charge is 0.285 e. The average Bonchev–Trinajstić information content (AvgIpc) is 3.16. The fraction of sp³-hybridized carbons (Fsp3) is 0.0769. The first-order valence-corrected chi connectivity index (χ1v) is 12.4. The van der Waals surface area contributed by atoms with Gasteiger partial charge in [0.2, 0.25) is 0 Å². The lowest BCUT2D eigenvalue weighted by Crippen LogP contribution is -2.44. The molecule has 1 aliphatic heterocycles. The highest BCUT2D eigenvalue weighted by Gasteiger charge is 2.33. The summed E-state index contributed by atoms with van der Waals surface area (Å²) >= 11 is 12.2. The first-order valence-electron chi connectivity index (χ1n) is 10.8. The number of anilines is 1. The molecule has 11 heteroatoms. The summed E-state index contributed by atoms with van der Waals surface area (Å²) < 4.78 is 11.0. The van der Waals surface area contributed by atoms with Crippen molar-refractivity contribution in [2.24, 2.45) is 0 Å². The molecule has 1 saturated heterocycles. The van der Waals surface area contributed by atoms with E-state index in [4.69, 9.17) is 33.3 Å². The minimum absolute atomic E-state index is 0.191. The van der Waals surface area contributed by atoms with Gasteiger partial charge in [0, 0.05) is 10.6 Å². The van der Waals surface area contributed by atoms with Crippen molar-refractivity contribution in [3.8, 4) is 11.5 Å². The fourth-order valence-electron chi connectivity index (χ4n) is 3.23. The molecule has 2 N–H and O–H groups in total. The summed E-state index contributed by atoms with van der Waals surface area (Å²) in [4.78, 5) is 37.9. The predicted molar refractivity (Wildman–Crippen MR) is 147 cm³/mol. The Morgan fingerprint density at radius 3 is 2.46 bits per heavy atom. The van der Waals surface area contributed by atoms with Crippen LogP contribution in [0.2, 0.25) is 5.02 Å². The van der Waals surface area contributed by atoms with Crippen LogP contribution in [0.5, 0.6) is 11.5 Å². The number of ether oxygens (including phenoxy) is 2. The van der Waals surface area contributed by atoms with Gasteiger partial charge in [-0.3, -0.25) is 19.8 Å². The van der Waals surface area contributed by atoms with Gasteiger partial charge in [-0.05, 0) is 72.4 Å². The van der Waals surface area contributed by atoms with E-state index in [1.807, 2.05) is 6.07 Å². The molecule has 188 valence electrons. The van der Waals surface area contributed by atoms with Gasteiger partial charge in [0.15, 0.2) is 10.9 Å². The molecule has 3 aromatic rings. The fourth-order valence-corrected chi connectivity index (χ4v) is 4.53. The van der Waals surface area contributed by atoms with Gasteiger partial charge in [0.1, 0.15) is 11.5 Å². The molecule has 1 fully saturated rings. The molecule has 0 unspecified atom stereocenters. The van der Waals surface area contributed by atoms with Crippen LogP contribution >= 0.6 is 35.6 Å². The molecule has 0 spiro atoms. The maximum Gasteiger partial charge on any atom is 0.285 e. The van der Waals surface area contributed by atoms with Crippen LogP contribution in [0.3, 0.4) is 0 Å². The second-order valence-corrected chi connectivity index (χ2v) is 9.68. The molecular weight excluding hydrogens is 534 g/mol. The number of thioether (sulfide) groups is 1. The molecule has 0 aromatic heterocycles. The number of hydrogen-bond acceptors (Lipinski definition) is 7. The average molecular weight is 554 g/mol. The zero-order chi connectivity index (χ0) is 26.4. The lowest BCUT2D eigenvalue weighted by atomic mass is 10.2. The zero-order valence-electron chi connectivity index (χ0n) is 19.4. The molecule has 0 saturated carbocycles. The summed E-state index contributed by atoms with van der Waals surface area (Å²) in [5.41, 5.74) is 4.14. The van der Waals surface area contributed by atoms with E-state index in [0.717, 1.165) is 22.3 Å². The Labute approximate surface area is 227 Å². The SMILES string of the molecule is COc1ccccc1NC(=O)COc1ccc(/C=C2\SC(=S)N(NC(=O)c3ccc(Cl)cc3)C2=O)cc1. The molecule has 4 rings (SSSR count). The van der Waals surface area contributed by atoms with Gasteiger partial charge in [0.05, 0.1) is 17.7 Å². The van der Waals surface area contributed by atoms with Crippen molar-refractivity contribution < 1.29 is 23.9 Å². The van der Waals surface area contributed by atoms with Gasteiger partial charge in [0.25, 0.3) is 17.7 Å². The van der Waals surface area contributed by atoms with Crippen LogP contribution < -0.4 is 20.2 Å². The molecule has 3 aromatic carbocycles. The normalized spacial score (nSPS) is 14.0. The van der Waals surface area contributed by atoms with Gasteiger partial charge < -0.3 is 14.8 Å². The van der Waals surface area contributed by atoms with Crippen LogP contribution in [-0.2, 0) is 9.59 Å². The van der Waals surface area contributed by atoms with E-state index < -0.39 is 11.8 Å². The Balaban J connectivity index is 1.33. The second-order valence-electron chi connectivity index (χ2n) is 7.57. The molecule has 0 radical (unpaired) electrons. The van der Waals surface area contributed by atoms with Gasteiger partial charge in [-0.1, -0.05) is 47.6 Å². The third-order valence-electron chi connectivity index (χ3n) is 5.04. The maximum atomic E-state index is 12.8. The number of hydrazine groups is 1. The van der Waals surface area contributed by atoms with E-state index in [1.54, 1.807) is 72.8 Å². The molecule has 3 amide bonds. The number of carbonyl (C=O) groups excluding carboxylic acids is 3. The standard InChI is InChI=1S/C26H20ClN3O5S2/c1-34-21-5-3-2-4-20(21)28-23(31)15-35-19-12-6-16(7-13-19)14-22-25(33)30(26(36)37-22)29-24(32)17-8-10-18(27)11-9-17/h2-14H,15H2,1H3,(H,28,31)(H,29,32)/b22-14-. The lowest BCUT2D eigenvalue weighted by molar-refractivity contribution is -0.123. The second kappa shape index (κ2) is 11.9. The zero-order valence-corrected chi connectivity index (χ0v) is 21.8. The number of carbonyl (C=O) groups is 3. The van der Waals surface area contributed by atoms with Gasteiger partial charge in [-0.2, -0.15) is 5.01 Å². The number of rotatable bonds is 8. The van der Waals surface area contributed by atoms with Crippen molar-refractivity contribution in [1.82, 2.24) is 10.4 Å². The Hall–Kier alpha value is -3.86. The number of nitrogens with zero attached hydrogens (tertiary/aromatic N) is 1. The number of thiocarbonyl (C=S) groups is 1. The maximum absolute atomic E-state index is 12.8. The first kappa shape index (κ1) is 26.2. The van der Waals surface area contributed by atoms with E-state index in [0.29, 0.717) is 32.7 Å². The Kier molecular flexibility index (Phi) is 8.44. The molecule has 0 atom stereocenters. The van der Waals surface area contributed by atoms with Crippen LogP contribution in [0.4, 0.5) is 5.69 Å². The molecule has 8 nitrogen and oxygen atoms in total. The highest BCUT2D eigenvalue weighted by atomic mass is 35.5. The van der Waals surface area contributed by atoms with Crippen LogP contribution in [0, 0.1) is 0 Å². The molecule has 0 aliphatic carbocycles. The van der Waals surface area contributed by atoms with E-state index in [9.17, 15) is 14.4 Å². The quantitative estimate of drug-likeness (QED) is 0.302. The molecule has 37 heavy (non-hydrogen) atoms. The summed E-state index contributed by atoms with van der Waals surface area (Å²) in [6.45, 7) is -0.191. The highest BCUT2D eigenvalue weighted by Crippen LogP contribution is 2.32.